The van der Waals surface area contributed by atoms with Gasteiger partial charge in [-0.25, -0.2) is 19.3 Å². The van der Waals surface area contributed by atoms with E-state index in [0.717, 1.165) is 57.2 Å². The number of nitrogens with zero attached hydrogens (tertiary/aromatic N) is 6. The van der Waals surface area contributed by atoms with Gasteiger partial charge >= 0.3 is 0 Å². The molecule has 2 aliphatic rings. The lowest BCUT2D eigenvalue weighted by Gasteiger charge is -2.26. The summed E-state index contributed by atoms with van der Waals surface area (Å²) in [5.41, 5.74) is 1.45. The van der Waals surface area contributed by atoms with Crippen LogP contribution in [0.25, 0.3) is 0 Å². The first-order valence-electron chi connectivity index (χ1n) is 13.4. The largest absolute Gasteiger partial charge is 0.381 e. The van der Waals surface area contributed by atoms with Crippen LogP contribution in [0.4, 0.5) is 16.0 Å². The molecule has 1 amide bonds. The monoisotopic (exact) mass is 536 g/mol. The number of likely N-dealkylation sites (tertiary alicyclic amines) is 1. The summed E-state index contributed by atoms with van der Waals surface area (Å²) in [6.07, 6.45) is 8.14. The number of carbonyl (C=O) groups is 2. The molecule has 3 aromatic rings. The molecule has 206 valence electrons. The zero-order valence-corrected chi connectivity index (χ0v) is 22.0. The van der Waals surface area contributed by atoms with Crippen LogP contribution in [0.15, 0.2) is 30.7 Å². The number of amides is 1. The number of halogens is 1. The van der Waals surface area contributed by atoms with Gasteiger partial charge in [-0.05, 0) is 51.3 Å². The number of hydrogen-bond acceptors (Lipinski definition) is 9. The van der Waals surface area contributed by atoms with E-state index in [1.54, 1.807) is 6.20 Å². The van der Waals surface area contributed by atoms with Gasteiger partial charge in [-0.2, -0.15) is 0 Å². The van der Waals surface area contributed by atoms with Crippen molar-refractivity contribution in [1.82, 2.24) is 34.7 Å². The van der Waals surface area contributed by atoms with Crippen LogP contribution in [0.2, 0.25) is 0 Å². The minimum atomic E-state index is -0.795. The third-order valence-corrected chi connectivity index (χ3v) is 7.07. The minimum absolute atomic E-state index is 0.0658. The highest BCUT2D eigenvalue weighted by Gasteiger charge is 2.27. The molecule has 0 radical (unpaired) electrons. The normalized spacial score (nSPS) is 16.2. The Labute approximate surface area is 226 Å². The van der Waals surface area contributed by atoms with E-state index < -0.39 is 11.6 Å². The highest BCUT2D eigenvalue weighted by molar-refractivity contribution is 6.06. The topological polar surface area (TPSA) is 127 Å². The number of aryl methyl sites for hydroxylation is 1. The first-order chi connectivity index (χ1) is 19.0. The van der Waals surface area contributed by atoms with Gasteiger partial charge in [-0.1, -0.05) is 0 Å². The van der Waals surface area contributed by atoms with Gasteiger partial charge < -0.3 is 24.8 Å². The number of rotatable bonds is 11. The van der Waals surface area contributed by atoms with E-state index in [9.17, 15) is 14.0 Å². The number of ether oxygens (including phenoxy) is 1. The fourth-order valence-electron chi connectivity index (χ4n) is 5.02. The van der Waals surface area contributed by atoms with Crippen LogP contribution in [0.1, 0.15) is 65.8 Å². The van der Waals surface area contributed by atoms with Crippen LogP contribution in [0.5, 0.6) is 0 Å². The molecule has 0 bridgehead atoms. The van der Waals surface area contributed by atoms with E-state index in [1.807, 2.05) is 28.5 Å². The standard InChI is InChI=1S/C27H33FN8O3/c1-18-30-17-23(36(18)21-7-12-39-13-8-21)26(38)25-22(28)16-32-27(34-25)33-20-6-5-19(31-15-20)14-29-9-3-11-35-10-2-4-24(35)37/h5-6,15-17,21,29H,2-4,7-14H2,1H3,(H,32,33,34). The Balaban J connectivity index is 1.18. The predicted octanol–water partition coefficient (Wildman–Crippen LogP) is 2.94. The summed E-state index contributed by atoms with van der Waals surface area (Å²) in [7, 11) is 0. The van der Waals surface area contributed by atoms with E-state index in [4.69, 9.17) is 4.74 Å². The van der Waals surface area contributed by atoms with Crippen molar-refractivity contribution >= 4 is 23.3 Å². The summed E-state index contributed by atoms with van der Waals surface area (Å²) in [5, 5.41) is 6.34. The van der Waals surface area contributed by atoms with Crippen LogP contribution in [0.3, 0.4) is 0 Å². The molecule has 5 rings (SSSR count). The molecule has 12 heteroatoms. The Kier molecular flexibility index (Phi) is 8.52. The van der Waals surface area contributed by atoms with Crippen LogP contribution < -0.4 is 10.6 Å². The first kappa shape index (κ1) is 26.8. The second-order valence-electron chi connectivity index (χ2n) is 9.80. The lowest BCUT2D eigenvalue weighted by atomic mass is 10.1. The van der Waals surface area contributed by atoms with E-state index in [0.29, 0.717) is 43.4 Å². The Morgan fingerprint density at radius 3 is 2.74 bits per heavy atom. The van der Waals surface area contributed by atoms with Gasteiger partial charge in [-0.15, -0.1) is 0 Å². The van der Waals surface area contributed by atoms with Crippen molar-refractivity contribution in [3.8, 4) is 0 Å². The van der Waals surface area contributed by atoms with Gasteiger partial charge in [0.15, 0.2) is 11.5 Å². The summed E-state index contributed by atoms with van der Waals surface area (Å²) >= 11 is 0. The van der Waals surface area contributed by atoms with Gasteiger partial charge in [0.1, 0.15) is 11.5 Å². The third kappa shape index (κ3) is 6.45. The maximum absolute atomic E-state index is 14.7. The number of carbonyl (C=O) groups excluding carboxylic acids is 2. The van der Waals surface area contributed by atoms with Crippen LogP contribution in [-0.4, -0.2) is 73.9 Å². The van der Waals surface area contributed by atoms with Gasteiger partial charge in [0.25, 0.3) is 0 Å². The van der Waals surface area contributed by atoms with Crippen molar-refractivity contribution in [2.24, 2.45) is 0 Å². The van der Waals surface area contributed by atoms with Crippen molar-refractivity contribution < 1.29 is 18.7 Å². The van der Waals surface area contributed by atoms with E-state index >= 15 is 0 Å². The van der Waals surface area contributed by atoms with E-state index in [1.165, 1.54) is 6.20 Å². The van der Waals surface area contributed by atoms with Gasteiger partial charge in [0.2, 0.25) is 17.6 Å². The van der Waals surface area contributed by atoms with Gasteiger partial charge in [0.05, 0.1) is 30.0 Å². The second kappa shape index (κ2) is 12.4. The number of nitrogens with one attached hydrogen (secondary N) is 2. The van der Waals surface area contributed by atoms with Crippen molar-refractivity contribution in [1.29, 1.82) is 0 Å². The van der Waals surface area contributed by atoms with Crippen LogP contribution >= 0.6 is 0 Å². The highest BCUT2D eigenvalue weighted by Crippen LogP contribution is 2.26. The Morgan fingerprint density at radius 1 is 1.15 bits per heavy atom. The Bertz CT molecular complexity index is 1310. The average molecular weight is 537 g/mol. The molecule has 11 nitrogen and oxygen atoms in total. The van der Waals surface area contributed by atoms with Crippen molar-refractivity contribution in [2.75, 3.05) is 38.2 Å². The van der Waals surface area contributed by atoms with Gasteiger partial charge in [-0.3, -0.25) is 14.6 Å². The van der Waals surface area contributed by atoms with Gasteiger partial charge in [0, 0.05) is 45.3 Å². The lowest BCUT2D eigenvalue weighted by Crippen LogP contribution is -2.28. The predicted molar refractivity (Wildman–Crippen MR) is 141 cm³/mol. The molecule has 0 aliphatic carbocycles. The number of hydrogen-bond donors (Lipinski definition) is 2. The lowest BCUT2D eigenvalue weighted by molar-refractivity contribution is -0.127. The van der Waals surface area contributed by atoms with E-state index in [-0.39, 0.29) is 23.6 Å². The second-order valence-corrected chi connectivity index (χ2v) is 9.80. The fraction of sp³-hybridized carbons (Fsp3) is 0.481. The molecule has 0 spiro atoms. The first-order valence-corrected chi connectivity index (χ1v) is 13.4. The molecule has 2 saturated heterocycles. The molecule has 2 fully saturated rings. The minimum Gasteiger partial charge on any atom is -0.381 e. The quantitative estimate of drug-likeness (QED) is 0.281. The zero-order valence-electron chi connectivity index (χ0n) is 22.0. The molecule has 0 aromatic carbocycles. The molecule has 3 aromatic heterocycles. The van der Waals surface area contributed by atoms with Crippen LogP contribution in [0, 0.1) is 12.7 Å². The number of anilines is 2. The van der Waals surface area contributed by atoms with Crippen molar-refractivity contribution in [3.05, 3.63) is 59.4 Å². The molecule has 2 aliphatic heterocycles. The fourth-order valence-corrected chi connectivity index (χ4v) is 5.02. The highest BCUT2D eigenvalue weighted by atomic mass is 19.1. The summed E-state index contributed by atoms with van der Waals surface area (Å²) in [6.45, 7) is 6.08. The molecule has 5 heterocycles. The molecule has 39 heavy (non-hydrogen) atoms. The SMILES string of the molecule is Cc1ncc(C(=O)c2nc(Nc3ccc(CNCCCN4CCCC4=O)nc3)ncc2F)n1C1CCOCC1. The maximum atomic E-state index is 14.7. The van der Waals surface area contributed by atoms with E-state index in [2.05, 4.69) is 30.6 Å². The Hall–Kier alpha value is -3.77. The van der Waals surface area contributed by atoms with Crippen molar-refractivity contribution in [3.63, 3.8) is 0 Å². The third-order valence-electron chi connectivity index (χ3n) is 7.07. The Morgan fingerprint density at radius 2 is 2.00 bits per heavy atom. The van der Waals surface area contributed by atoms with Crippen LogP contribution in [-0.2, 0) is 16.1 Å². The number of pyridine rings is 1. The number of aromatic nitrogens is 5. The molecular weight excluding hydrogens is 503 g/mol. The molecule has 0 atom stereocenters. The molecular formula is C27H33FN8O3. The average Bonchev–Trinajstić information content (AvgIpc) is 3.55. The number of ketones is 1. The van der Waals surface area contributed by atoms with Crippen molar-refractivity contribution in [2.45, 2.75) is 51.6 Å². The summed E-state index contributed by atoms with van der Waals surface area (Å²) in [5.74, 6) is -0.300. The smallest absolute Gasteiger partial charge is 0.232 e. The number of imidazole rings is 1. The molecule has 0 saturated carbocycles. The summed E-state index contributed by atoms with van der Waals surface area (Å²) in [6, 6.07) is 3.76. The molecule has 2 N–H and O–H groups in total. The summed E-state index contributed by atoms with van der Waals surface area (Å²) < 4.78 is 22.0. The summed E-state index contributed by atoms with van der Waals surface area (Å²) in [4.78, 5) is 43.9. The maximum Gasteiger partial charge on any atom is 0.232 e. The zero-order chi connectivity index (χ0) is 27.2. The molecule has 0 unspecified atom stereocenters.